The van der Waals surface area contributed by atoms with Crippen LogP contribution >= 0.6 is 0 Å². The third kappa shape index (κ3) is 1.62. The summed E-state index contributed by atoms with van der Waals surface area (Å²) in [5.41, 5.74) is 1.83. The fraction of sp³-hybridized carbons (Fsp3) is 0.364. The summed E-state index contributed by atoms with van der Waals surface area (Å²) in [5.74, 6) is 0.371. The first-order valence-corrected chi connectivity index (χ1v) is 4.49. The van der Waals surface area contributed by atoms with Gasteiger partial charge in [-0.25, -0.2) is 4.39 Å². The van der Waals surface area contributed by atoms with Crippen molar-refractivity contribution in [3.8, 4) is 0 Å². The van der Waals surface area contributed by atoms with E-state index in [1.165, 1.54) is 0 Å². The maximum atomic E-state index is 12.5. The van der Waals surface area contributed by atoms with E-state index in [2.05, 4.69) is 0 Å². The summed E-state index contributed by atoms with van der Waals surface area (Å²) in [4.78, 5) is 10.4. The van der Waals surface area contributed by atoms with Crippen molar-refractivity contribution in [2.24, 2.45) is 0 Å². The van der Waals surface area contributed by atoms with E-state index in [4.69, 9.17) is 0 Å². The second kappa shape index (κ2) is 3.29. The molecule has 1 aromatic carbocycles. The van der Waals surface area contributed by atoms with Gasteiger partial charge in [-0.1, -0.05) is 24.3 Å². The monoisotopic (exact) mass is 178 g/mol. The Morgan fingerprint density at radius 2 is 1.85 bits per heavy atom. The predicted octanol–water partition coefficient (Wildman–Crippen LogP) is 2.71. The average molecular weight is 178 g/mol. The van der Waals surface area contributed by atoms with Gasteiger partial charge in [0, 0.05) is 5.56 Å². The van der Waals surface area contributed by atoms with Crippen LogP contribution in [0.25, 0.3) is 0 Å². The first-order chi connectivity index (χ1) is 6.29. The van der Waals surface area contributed by atoms with Crippen LogP contribution in [0.1, 0.15) is 34.7 Å². The average Bonchev–Trinajstić information content (AvgIpc) is 2.13. The molecule has 68 valence electrons. The van der Waals surface area contributed by atoms with Gasteiger partial charge >= 0.3 is 0 Å². The molecule has 0 spiro atoms. The standard InChI is InChI=1S/C11H11FO/c12-11-5-10(6-11)9-3-1-8(7-13)2-4-9/h1-4,7,10-11H,5-6H2. The maximum absolute atomic E-state index is 12.5. The molecular weight excluding hydrogens is 167 g/mol. The molecule has 1 aliphatic rings. The molecule has 0 N–H and O–H groups in total. The number of carbonyl (C=O) groups excluding carboxylic acids is 1. The number of hydrogen-bond donors (Lipinski definition) is 0. The van der Waals surface area contributed by atoms with Crippen molar-refractivity contribution in [2.45, 2.75) is 24.9 Å². The molecule has 2 heteroatoms. The molecule has 2 rings (SSSR count). The topological polar surface area (TPSA) is 17.1 Å². The summed E-state index contributed by atoms with van der Waals surface area (Å²) >= 11 is 0. The van der Waals surface area contributed by atoms with Gasteiger partial charge in [-0.3, -0.25) is 4.79 Å². The van der Waals surface area contributed by atoms with Gasteiger partial charge < -0.3 is 0 Å². The van der Waals surface area contributed by atoms with Gasteiger partial charge in [0.2, 0.25) is 0 Å². The van der Waals surface area contributed by atoms with Gasteiger partial charge in [-0.05, 0) is 24.3 Å². The lowest BCUT2D eigenvalue weighted by molar-refractivity contribution is 0.112. The van der Waals surface area contributed by atoms with Crippen LogP contribution in [-0.4, -0.2) is 12.5 Å². The van der Waals surface area contributed by atoms with Gasteiger partial charge in [0.05, 0.1) is 0 Å². The molecule has 1 aromatic rings. The third-order valence-electron chi connectivity index (χ3n) is 2.62. The van der Waals surface area contributed by atoms with Crippen LogP contribution < -0.4 is 0 Å². The summed E-state index contributed by atoms with van der Waals surface area (Å²) < 4.78 is 12.5. The van der Waals surface area contributed by atoms with Gasteiger partial charge in [-0.15, -0.1) is 0 Å². The molecule has 0 bridgehead atoms. The fourth-order valence-corrected chi connectivity index (χ4v) is 1.67. The quantitative estimate of drug-likeness (QED) is 0.636. The molecule has 0 atom stereocenters. The van der Waals surface area contributed by atoms with Gasteiger partial charge in [0.15, 0.2) is 0 Å². The van der Waals surface area contributed by atoms with E-state index in [0.717, 1.165) is 11.8 Å². The van der Waals surface area contributed by atoms with Gasteiger partial charge in [0.25, 0.3) is 0 Å². The molecular formula is C11H11FO. The minimum absolute atomic E-state index is 0.371. The lowest BCUT2D eigenvalue weighted by Crippen LogP contribution is -2.22. The number of hydrogen-bond acceptors (Lipinski definition) is 1. The number of alkyl halides is 1. The number of benzene rings is 1. The summed E-state index contributed by atoms with van der Waals surface area (Å²) in [7, 11) is 0. The van der Waals surface area contributed by atoms with Crippen LogP contribution in [0.15, 0.2) is 24.3 Å². The van der Waals surface area contributed by atoms with E-state index in [0.29, 0.717) is 24.3 Å². The van der Waals surface area contributed by atoms with Gasteiger partial charge in [0.1, 0.15) is 12.5 Å². The van der Waals surface area contributed by atoms with E-state index < -0.39 is 6.17 Å². The zero-order valence-corrected chi connectivity index (χ0v) is 7.24. The molecule has 1 nitrogen and oxygen atoms in total. The van der Waals surface area contributed by atoms with Crippen molar-refractivity contribution >= 4 is 6.29 Å². The lowest BCUT2D eigenvalue weighted by atomic mass is 9.78. The molecule has 1 saturated carbocycles. The summed E-state index contributed by atoms with van der Waals surface area (Å²) in [6.07, 6.45) is 1.49. The predicted molar refractivity (Wildman–Crippen MR) is 48.7 cm³/mol. The van der Waals surface area contributed by atoms with Crippen molar-refractivity contribution in [1.82, 2.24) is 0 Å². The SMILES string of the molecule is O=Cc1ccc(C2CC(F)C2)cc1. The minimum Gasteiger partial charge on any atom is -0.298 e. The Balaban J connectivity index is 2.10. The van der Waals surface area contributed by atoms with Crippen LogP contribution in [0, 0.1) is 0 Å². The molecule has 0 aliphatic heterocycles. The highest BCUT2D eigenvalue weighted by atomic mass is 19.1. The molecule has 0 amide bonds. The Morgan fingerprint density at radius 1 is 1.23 bits per heavy atom. The highest BCUT2D eigenvalue weighted by Crippen LogP contribution is 2.38. The van der Waals surface area contributed by atoms with Crippen LogP contribution in [0.5, 0.6) is 0 Å². The largest absolute Gasteiger partial charge is 0.298 e. The first kappa shape index (κ1) is 8.42. The van der Waals surface area contributed by atoms with Crippen LogP contribution in [0.2, 0.25) is 0 Å². The fourth-order valence-electron chi connectivity index (χ4n) is 1.67. The van der Waals surface area contributed by atoms with Crippen molar-refractivity contribution in [1.29, 1.82) is 0 Å². The number of rotatable bonds is 2. The van der Waals surface area contributed by atoms with E-state index in [1.54, 1.807) is 12.1 Å². The van der Waals surface area contributed by atoms with Crippen molar-refractivity contribution in [3.05, 3.63) is 35.4 Å². The molecule has 0 unspecified atom stereocenters. The Bertz CT molecular complexity index is 298. The molecule has 0 aromatic heterocycles. The van der Waals surface area contributed by atoms with E-state index in [9.17, 15) is 9.18 Å². The molecule has 0 heterocycles. The van der Waals surface area contributed by atoms with E-state index in [-0.39, 0.29) is 0 Å². The Morgan fingerprint density at radius 3 is 2.31 bits per heavy atom. The Hall–Kier alpha value is -1.18. The highest BCUT2D eigenvalue weighted by Gasteiger charge is 2.29. The number of carbonyl (C=O) groups is 1. The number of aldehydes is 1. The van der Waals surface area contributed by atoms with Crippen molar-refractivity contribution in [3.63, 3.8) is 0 Å². The van der Waals surface area contributed by atoms with E-state index in [1.807, 2.05) is 12.1 Å². The normalized spacial score (nSPS) is 26.5. The maximum Gasteiger partial charge on any atom is 0.150 e. The smallest absolute Gasteiger partial charge is 0.150 e. The summed E-state index contributed by atoms with van der Waals surface area (Å²) in [6, 6.07) is 7.41. The highest BCUT2D eigenvalue weighted by molar-refractivity contribution is 5.74. The first-order valence-electron chi connectivity index (χ1n) is 4.49. The number of halogens is 1. The third-order valence-corrected chi connectivity index (χ3v) is 2.62. The molecule has 0 radical (unpaired) electrons. The van der Waals surface area contributed by atoms with E-state index >= 15 is 0 Å². The molecule has 1 aliphatic carbocycles. The van der Waals surface area contributed by atoms with Gasteiger partial charge in [-0.2, -0.15) is 0 Å². The van der Waals surface area contributed by atoms with Crippen LogP contribution in [0.3, 0.4) is 0 Å². The minimum atomic E-state index is -0.615. The van der Waals surface area contributed by atoms with Crippen LogP contribution in [0.4, 0.5) is 4.39 Å². The Labute approximate surface area is 76.6 Å². The zero-order valence-electron chi connectivity index (χ0n) is 7.24. The Kier molecular flexibility index (Phi) is 2.13. The molecule has 0 saturated heterocycles. The lowest BCUT2D eigenvalue weighted by Gasteiger charge is -2.29. The van der Waals surface area contributed by atoms with Crippen molar-refractivity contribution < 1.29 is 9.18 Å². The molecule has 13 heavy (non-hydrogen) atoms. The summed E-state index contributed by atoms with van der Waals surface area (Å²) in [5, 5.41) is 0. The van der Waals surface area contributed by atoms with Crippen molar-refractivity contribution in [2.75, 3.05) is 0 Å². The van der Waals surface area contributed by atoms with Crippen LogP contribution in [-0.2, 0) is 0 Å². The second-order valence-corrected chi connectivity index (χ2v) is 3.55. The summed E-state index contributed by atoms with van der Waals surface area (Å²) in [6.45, 7) is 0. The zero-order chi connectivity index (χ0) is 9.26. The molecule has 1 fully saturated rings. The second-order valence-electron chi connectivity index (χ2n) is 3.55.